The monoisotopic (exact) mass is 757 g/mol. The van der Waals surface area contributed by atoms with Gasteiger partial charge in [-0.3, -0.25) is 9.59 Å². The number of ether oxygens (including phenoxy) is 1. The Hall–Kier alpha value is -2.73. The summed E-state index contributed by atoms with van der Waals surface area (Å²) in [4.78, 5) is 48.5. The van der Waals surface area contributed by atoms with Crippen molar-refractivity contribution in [2.24, 2.45) is 11.8 Å². The lowest BCUT2D eigenvalue weighted by Gasteiger charge is -2.45. The van der Waals surface area contributed by atoms with Crippen molar-refractivity contribution < 1.29 is 28.7 Å². The number of thiazole rings is 1. The number of carbonyl (C=O) groups is 3. The Morgan fingerprint density at radius 1 is 1.12 bits per heavy atom. The summed E-state index contributed by atoms with van der Waals surface area (Å²) in [5.74, 6) is -1.26. The Kier molecular flexibility index (Phi) is 16.9. The fourth-order valence-electron chi connectivity index (χ4n) is 7.12. The SMILES string of the molecule is CCC=CCN(C(=O)[C@@H](NC(=O)[C@H]1CCCC[N+]1(C)Cc1ccc(SC(C)(C)C)cc1)C(C)CC)[C@H](C[C@@H](OCC)c1nc(C(=O)O)cs1)C(C)C. The number of likely N-dealkylation sites (N-methyl/N-ethyl adjacent to an activating group) is 1. The van der Waals surface area contributed by atoms with Gasteiger partial charge < -0.3 is 24.5 Å². The molecular formula is C41H65N4O5S2+. The normalized spacial score (nSPS) is 20.4. The Labute approximate surface area is 321 Å². The van der Waals surface area contributed by atoms with Crippen LogP contribution in [0, 0.1) is 11.8 Å². The maximum atomic E-state index is 14.9. The Morgan fingerprint density at radius 2 is 1.81 bits per heavy atom. The van der Waals surface area contributed by atoms with Gasteiger partial charge in [0.1, 0.15) is 23.7 Å². The maximum Gasteiger partial charge on any atom is 0.355 e. The number of thioether (sulfide) groups is 1. The van der Waals surface area contributed by atoms with Crippen LogP contribution in [-0.2, 0) is 20.9 Å². The van der Waals surface area contributed by atoms with Crippen LogP contribution in [-0.4, -0.2) is 86.9 Å². The van der Waals surface area contributed by atoms with E-state index in [1.807, 2.05) is 36.6 Å². The van der Waals surface area contributed by atoms with Crippen LogP contribution >= 0.6 is 23.1 Å². The molecule has 1 fully saturated rings. The summed E-state index contributed by atoms with van der Waals surface area (Å²) in [7, 11) is 2.19. The predicted octanol–water partition coefficient (Wildman–Crippen LogP) is 8.75. The molecule has 290 valence electrons. The first-order chi connectivity index (χ1) is 24.5. The number of carboxylic acid groups (broad SMARTS) is 1. The second kappa shape index (κ2) is 20.1. The van der Waals surface area contributed by atoms with Gasteiger partial charge >= 0.3 is 5.97 Å². The van der Waals surface area contributed by atoms with Crippen molar-refractivity contribution in [2.45, 2.75) is 141 Å². The molecule has 2 heterocycles. The molecular weight excluding hydrogens is 693 g/mol. The van der Waals surface area contributed by atoms with Crippen molar-refractivity contribution >= 4 is 40.9 Å². The van der Waals surface area contributed by atoms with Crippen molar-refractivity contribution in [3.8, 4) is 0 Å². The van der Waals surface area contributed by atoms with Gasteiger partial charge in [-0.05, 0) is 50.2 Å². The van der Waals surface area contributed by atoms with E-state index in [2.05, 4.69) is 96.2 Å². The quantitative estimate of drug-likeness (QED) is 0.0838. The fraction of sp³-hybridized carbons (Fsp3) is 0.659. The molecule has 3 rings (SSSR count). The minimum Gasteiger partial charge on any atom is -0.476 e. The zero-order chi connectivity index (χ0) is 38.6. The smallest absolute Gasteiger partial charge is 0.355 e. The number of aromatic carboxylic acids is 1. The van der Waals surface area contributed by atoms with Gasteiger partial charge in [0.2, 0.25) is 5.91 Å². The number of hydrogen-bond acceptors (Lipinski definition) is 7. The summed E-state index contributed by atoms with van der Waals surface area (Å²) in [6.07, 6.45) is 8.48. The van der Waals surface area contributed by atoms with Gasteiger partial charge in [0.15, 0.2) is 11.7 Å². The molecule has 2 aromatic rings. The molecule has 0 spiro atoms. The van der Waals surface area contributed by atoms with Gasteiger partial charge in [0.25, 0.3) is 5.91 Å². The average Bonchev–Trinajstić information content (AvgIpc) is 3.58. The lowest BCUT2D eigenvalue weighted by atomic mass is 9.91. The summed E-state index contributed by atoms with van der Waals surface area (Å²) in [6.45, 7) is 21.4. The third-order valence-corrected chi connectivity index (χ3v) is 12.2. The minimum atomic E-state index is -1.08. The highest BCUT2D eigenvalue weighted by Gasteiger charge is 2.43. The Morgan fingerprint density at radius 3 is 2.37 bits per heavy atom. The summed E-state index contributed by atoms with van der Waals surface area (Å²) in [6, 6.07) is 7.58. The molecule has 1 aliphatic heterocycles. The van der Waals surface area contributed by atoms with Crippen LogP contribution in [0.2, 0.25) is 0 Å². The predicted molar refractivity (Wildman–Crippen MR) is 214 cm³/mol. The number of hydrogen-bond donors (Lipinski definition) is 2. The zero-order valence-electron chi connectivity index (χ0n) is 33.3. The van der Waals surface area contributed by atoms with Crippen LogP contribution in [0.3, 0.4) is 0 Å². The van der Waals surface area contributed by atoms with Crippen LogP contribution in [0.25, 0.3) is 0 Å². The minimum absolute atomic E-state index is 0.00572. The molecule has 1 saturated heterocycles. The molecule has 2 N–H and O–H groups in total. The molecule has 52 heavy (non-hydrogen) atoms. The second-order valence-corrected chi connectivity index (χ2v) is 18.6. The number of piperidine rings is 1. The number of rotatable bonds is 19. The van der Waals surface area contributed by atoms with Crippen molar-refractivity contribution in [1.82, 2.24) is 15.2 Å². The third-order valence-electron chi connectivity index (χ3n) is 10.1. The third kappa shape index (κ3) is 12.4. The van der Waals surface area contributed by atoms with E-state index in [0.717, 1.165) is 45.2 Å². The first kappa shape index (κ1) is 43.7. The van der Waals surface area contributed by atoms with E-state index < -0.39 is 18.1 Å². The van der Waals surface area contributed by atoms with Gasteiger partial charge in [-0.1, -0.05) is 86.1 Å². The van der Waals surface area contributed by atoms with Gasteiger partial charge in [0, 0.05) is 52.6 Å². The van der Waals surface area contributed by atoms with E-state index in [9.17, 15) is 19.5 Å². The number of carbonyl (C=O) groups excluding carboxylic acids is 2. The molecule has 11 heteroatoms. The molecule has 9 nitrogen and oxygen atoms in total. The van der Waals surface area contributed by atoms with Crippen LogP contribution < -0.4 is 5.32 Å². The molecule has 0 saturated carbocycles. The van der Waals surface area contributed by atoms with E-state index in [1.54, 1.807) is 0 Å². The second-order valence-electron chi connectivity index (χ2n) is 15.8. The van der Waals surface area contributed by atoms with Crippen LogP contribution in [0.4, 0.5) is 0 Å². The number of aromatic nitrogens is 1. The lowest BCUT2D eigenvalue weighted by molar-refractivity contribution is -0.942. The van der Waals surface area contributed by atoms with E-state index in [0.29, 0.717) is 29.1 Å². The molecule has 1 aromatic carbocycles. The highest BCUT2D eigenvalue weighted by atomic mass is 32.2. The topological polar surface area (TPSA) is 109 Å². The van der Waals surface area contributed by atoms with Crippen LogP contribution in [0.1, 0.15) is 128 Å². The maximum absolute atomic E-state index is 14.9. The number of nitrogens with one attached hydrogen (secondary N) is 1. The first-order valence-corrected chi connectivity index (χ1v) is 20.9. The van der Waals surface area contributed by atoms with E-state index in [-0.39, 0.29) is 46.2 Å². The van der Waals surface area contributed by atoms with Crippen molar-refractivity contribution in [3.63, 3.8) is 0 Å². The summed E-state index contributed by atoms with van der Waals surface area (Å²) in [5, 5.41) is 15.0. The Bertz CT molecular complexity index is 1470. The number of carboxylic acids is 1. The molecule has 0 radical (unpaired) electrons. The standard InChI is InChI=1S/C41H64N4O5S2/c1-11-14-16-23-44(33(28(4)5)25-35(50-13-3)38-42-32(27-51-38)40(48)49)39(47)36(29(6)12-2)43-37(46)34-18-15-17-24-45(34,10)26-30-19-21-31(22-20-30)52-41(7,8)9/h14,16,19-22,27-29,33-36H,11-13,15,17-18,23-26H2,1-10H3,(H-,43,46,48,49)/p+1/t29?,33-,34-,35-,36+,45?/m1/s1. The molecule has 2 amide bonds. The molecule has 2 unspecified atom stereocenters. The molecule has 0 aliphatic carbocycles. The zero-order valence-corrected chi connectivity index (χ0v) is 34.9. The summed E-state index contributed by atoms with van der Waals surface area (Å²) in [5.41, 5.74) is 1.21. The van der Waals surface area contributed by atoms with Gasteiger partial charge in [-0.25, -0.2) is 9.78 Å². The first-order valence-electron chi connectivity index (χ1n) is 19.2. The molecule has 6 atom stereocenters. The van der Waals surface area contributed by atoms with Gasteiger partial charge in [0.05, 0.1) is 13.6 Å². The average molecular weight is 758 g/mol. The largest absolute Gasteiger partial charge is 0.476 e. The van der Waals surface area contributed by atoms with E-state index in [4.69, 9.17) is 4.74 Å². The van der Waals surface area contributed by atoms with E-state index >= 15 is 0 Å². The fourth-order valence-corrected chi connectivity index (χ4v) is 8.96. The number of quaternary nitrogens is 1. The van der Waals surface area contributed by atoms with Crippen molar-refractivity contribution in [1.29, 1.82) is 0 Å². The van der Waals surface area contributed by atoms with Crippen molar-refractivity contribution in [3.05, 3.63) is 58.1 Å². The highest BCUT2D eigenvalue weighted by molar-refractivity contribution is 8.00. The Balaban J connectivity index is 1.92. The van der Waals surface area contributed by atoms with E-state index in [1.165, 1.54) is 27.2 Å². The van der Waals surface area contributed by atoms with Crippen LogP contribution in [0.5, 0.6) is 0 Å². The number of allylic oxidation sites excluding steroid dienone is 1. The van der Waals surface area contributed by atoms with Crippen LogP contribution in [0.15, 0.2) is 46.7 Å². The highest BCUT2D eigenvalue weighted by Crippen LogP contribution is 2.34. The number of likely N-dealkylation sites (tertiary alicyclic amines) is 1. The molecule has 1 aliphatic rings. The number of benzene rings is 1. The summed E-state index contributed by atoms with van der Waals surface area (Å²) < 4.78 is 6.90. The number of nitrogens with zero attached hydrogens (tertiary/aromatic N) is 3. The van der Waals surface area contributed by atoms with Gasteiger partial charge in [-0.2, -0.15) is 0 Å². The van der Waals surface area contributed by atoms with Crippen molar-refractivity contribution in [2.75, 3.05) is 26.7 Å². The lowest BCUT2D eigenvalue weighted by Crippen LogP contribution is -2.63. The molecule has 1 aromatic heterocycles. The summed E-state index contributed by atoms with van der Waals surface area (Å²) >= 11 is 3.12. The van der Waals surface area contributed by atoms with Gasteiger partial charge in [-0.15, -0.1) is 23.1 Å². The molecule has 0 bridgehead atoms. The number of amides is 2.